The molecule has 1 aromatic heterocycles. The van der Waals surface area contributed by atoms with Crippen molar-refractivity contribution in [1.82, 2.24) is 4.98 Å². The summed E-state index contributed by atoms with van der Waals surface area (Å²) in [5.41, 5.74) is 2.43. The van der Waals surface area contributed by atoms with Crippen molar-refractivity contribution < 1.29 is 14.7 Å². The lowest BCUT2D eigenvalue weighted by atomic mass is 10.1. The molecule has 1 heterocycles. The van der Waals surface area contributed by atoms with Crippen LogP contribution in [-0.2, 0) is 4.79 Å². The number of anilines is 1. The number of pyridine rings is 1. The molecule has 106 valence electrons. The van der Waals surface area contributed by atoms with E-state index in [0.717, 1.165) is 11.1 Å². The van der Waals surface area contributed by atoms with E-state index in [4.69, 9.17) is 5.11 Å². The number of amides is 1. The number of carbonyl (C=O) groups excluding carboxylic acids is 1. The summed E-state index contributed by atoms with van der Waals surface area (Å²) >= 11 is 0. The van der Waals surface area contributed by atoms with Gasteiger partial charge in [-0.2, -0.15) is 0 Å². The number of nitrogens with zero attached hydrogens (tertiary/aromatic N) is 1. The van der Waals surface area contributed by atoms with Crippen LogP contribution >= 0.6 is 0 Å². The molecule has 0 unspecified atom stereocenters. The normalized spacial score (nSPS) is 10.5. The van der Waals surface area contributed by atoms with E-state index < -0.39 is 5.97 Å². The van der Waals surface area contributed by atoms with Crippen molar-refractivity contribution in [2.75, 3.05) is 5.32 Å². The Kier molecular flexibility index (Phi) is 4.46. The Balaban J connectivity index is 1.99. The van der Waals surface area contributed by atoms with Crippen molar-refractivity contribution in [1.29, 1.82) is 0 Å². The minimum Gasteiger partial charge on any atom is -0.477 e. The molecule has 1 aromatic carbocycles. The van der Waals surface area contributed by atoms with Gasteiger partial charge >= 0.3 is 5.97 Å². The van der Waals surface area contributed by atoms with Crippen LogP contribution in [0.1, 0.15) is 21.6 Å². The van der Waals surface area contributed by atoms with Gasteiger partial charge in [0.2, 0.25) is 5.91 Å². The lowest BCUT2D eigenvalue weighted by Crippen LogP contribution is -2.09. The number of aromatic nitrogens is 1. The van der Waals surface area contributed by atoms with Gasteiger partial charge in [0.05, 0.1) is 11.9 Å². The smallest absolute Gasteiger partial charge is 0.354 e. The molecule has 1 amide bonds. The van der Waals surface area contributed by atoms with E-state index in [0.29, 0.717) is 5.69 Å². The molecule has 2 N–H and O–H groups in total. The molecular weight excluding hydrogens is 268 g/mol. The first kappa shape index (κ1) is 14.5. The molecule has 0 bridgehead atoms. The number of rotatable bonds is 4. The zero-order valence-corrected chi connectivity index (χ0v) is 11.4. The first-order chi connectivity index (χ1) is 10.0. The van der Waals surface area contributed by atoms with Gasteiger partial charge in [-0.1, -0.05) is 29.8 Å². The summed E-state index contributed by atoms with van der Waals surface area (Å²) in [6, 6.07) is 10.6. The first-order valence-electron chi connectivity index (χ1n) is 6.30. The Labute approximate surface area is 122 Å². The lowest BCUT2D eigenvalue weighted by Gasteiger charge is -2.02. The molecule has 0 radical (unpaired) electrons. The predicted molar refractivity (Wildman–Crippen MR) is 80.0 cm³/mol. The third kappa shape index (κ3) is 4.28. The number of carbonyl (C=O) groups is 2. The second-order valence-corrected chi connectivity index (χ2v) is 4.47. The number of carboxylic acid groups (broad SMARTS) is 1. The van der Waals surface area contributed by atoms with Gasteiger partial charge in [-0.25, -0.2) is 9.78 Å². The van der Waals surface area contributed by atoms with Gasteiger partial charge in [0.15, 0.2) is 0 Å². The number of benzene rings is 1. The number of hydrogen-bond donors (Lipinski definition) is 2. The van der Waals surface area contributed by atoms with E-state index in [2.05, 4.69) is 10.3 Å². The highest BCUT2D eigenvalue weighted by Crippen LogP contribution is 2.08. The molecule has 2 rings (SSSR count). The molecule has 0 saturated heterocycles. The monoisotopic (exact) mass is 282 g/mol. The molecule has 0 saturated carbocycles. The van der Waals surface area contributed by atoms with Crippen LogP contribution in [0.4, 0.5) is 5.69 Å². The summed E-state index contributed by atoms with van der Waals surface area (Å²) in [6.45, 7) is 1.98. The maximum atomic E-state index is 11.7. The van der Waals surface area contributed by atoms with E-state index in [1.165, 1.54) is 24.4 Å². The van der Waals surface area contributed by atoms with Crippen LogP contribution in [0.5, 0.6) is 0 Å². The highest BCUT2D eigenvalue weighted by atomic mass is 16.4. The average Bonchev–Trinajstić information content (AvgIpc) is 2.46. The van der Waals surface area contributed by atoms with Crippen LogP contribution in [0, 0.1) is 6.92 Å². The minimum atomic E-state index is -1.10. The van der Waals surface area contributed by atoms with E-state index in [1.807, 2.05) is 31.2 Å². The Hall–Kier alpha value is -2.95. The lowest BCUT2D eigenvalue weighted by molar-refractivity contribution is -0.111. The summed E-state index contributed by atoms with van der Waals surface area (Å²) in [7, 11) is 0. The van der Waals surface area contributed by atoms with Crippen LogP contribution in [-0.4, -0.2) is 22.0 Å². The molecule has 5 heteroatoms. The predicted octanol–water partition coefficient (Wildman–Crippen LogP) is 2.74. The van der Waals surface area contributed by atoms with Crippen molar-refractivity contribution in [2.24, 2.45) is 0 Å². The Morgan fingerprint density at radius 2 is 2.05 bits per heavy atom. The topological polar surface area (TPSA) is 79.3 Å². The average molecular weight is 282 g/mol. The summed E-state index contributed by atoms with van der Waals surface area (Å²) in [5, 5.41) is 11.3. The molecule has 0 fully saturated rings. The van der Waals surface area contributed by atoms with Crippen LogP contribution < -0.4 is 5.32 Å². The first-order valence-corrected chi connectivity index (χ1v) is 6.30. The Morgan fingerprint density at radius 3 is 2.67 bits per heavy atom. The van der Waals surface area contributed by atoms with Crippen LogP contribution in [0.3, 0.4) is 0 Å². The van der Waals surface area contributed by atoms with Gasteiger partial charge < -0.3 is 10.4 Å². The van der Waals surface area contributed by atoms with Crippen molar-refractivity contribution in [3.63, 3.8) is 0 Å². The molecular formula is C16H14N2O3. The Bertz CT molecular complexity index is 691. The van der Waals surface area contributed by atoms with Gasteiger partial charge in [-0.05, 0) is 30.7 Å². The largest absolute Gasteiger partial charge is 0.477 e. The summed E-state index contributed by atoms with van der Waals surface area (Å²) < 4.78 is 0. The highest BCUT2D eigenvalue weighted by Gasteiger charge is 2.04. The maximum absolute atomic E-state index is 11.7. The van der Waals surface area contributed by atoms with Gasteiger partial charge in [0.25, 0.3) is 0 Å². The maximum Gasteiger partial charge on any atom is 0.354 e. The van der Waals surface area contributed by atoms with Crippen molar-refractivity contribution in [3.8, 4) is 0 Å². The summed E-state index contributed by atoms with van der Waals surface area (Å²) in [5.74, 6) is -1.41. The Morgan fingerprint density at radius 1 is 1.24 bits per heavy atom. The number of aryl methyl sites for hydroxylation is 1. The zero-order chi connectivity index (χ0) is 15.2. The van der Waals surface area contributed by atoms with E-state index in [1.54, 1.807) is 6.08 Å². The van der Waals surface area contributed by atoms with Crippen molar-refractivity contribution in [2.45, 2.75) is 6.92 Å². The molecule has 0 atom stereocenters. The van der Waals surface area contributed by atoms with Crippen LogP contribution in [0.15, 0.2) is 48.7 Å². The molecule has 0 spiro atoms. The highest BCUT2D eigenvalue weighted by molar-refractivity contribution is 6.02. The number of aromatic carboxylic acids is 1. The number of carboxylic acids is 1. The number of hydrogen-bond acceptors (Lipinski definition) is 3. The van der Waals surface area contributed by atoms with Crippen molar-refractivity contribution >= 4 is 23.6 Å². The van der Waals surface area contributed by atoms with E-state index >= 15 is 0 Å². The van der Waals surface area contributed by atoms with Gasteiger partial charge in [0, 0.05) is 6.08 Å². The fourth-order valence-corrected chi connectivity index (χ4v) is 1.72. The fraction of sp³-hybridized carbons (Fsp3) is 0.0625. The van der Waals surface area contributed by atoms with Crippen molar-refractivity contribution in [3.05, 3.63) is 65.5 Å². The zero-order valence-electron chi connectivity index (χ0n) is 11.4. The van der Waals surface area contributed by atoms with Gasteiger partial charge in [-0.15, -0.1) is 0 Å². The molecule has 0 aliphatic carbocycles. The standard InChI is InChI=1S/C16H14N2O3/c1-11-3-2-4-12(9-11)5-8-15(19)18-13-6-7-14(16(20)21)17-10-13/h2-10H,1H3,(H,18,19)(H,20,21)/b8-5+. The van der Waals surface area contributed by atoms with E-state index in [9.17, 15) is 9.59 Å². The summed E-state index contributed by atoms with van der Waals surface area (Å²) in [4.78, 5) is 26.1. The van der Waals surface area contributed by atoms with Gasteiger partial charge in [-0.3, -0.25) is 4.79 Å². The SMILES string of the molecule is Cc1cccc(/C=C/C(=O)Nc2ccc(C(=O)O)nc2)c1. The molecule has 0 aliphatic heterocycles. The molecule has 2 aromatic rings. The van der Waals surface area contributed by atoms with E-state index in [-0.39, 0.29) is 11.6 Å². The van der Waals surface area contributed by atoms with Crippen LogP contribution in [0.25, 0.3) is 6.08 Å². The minimum absolute atomic E-state index is 0.0664. The fourth-order valence-electron chi connectivity index (χ4n) is 1.72. The van der Waals surface area contributed by atoms with Gasteiger partial charge in [0.1, 0.15) is 5.69 Å². The second-order valence-electron chi connectivity index (χ2n) is 4.47. The molecule has 5 nitrogen and oxygen atoms in total. The number of nitrogens with one attached hydrogen (secondary N) is 1. The summed E-state index contributed by atoms with van der Waals surface area (Å²) in [6.07, 6.45) is 4.43. The molecule has 0 aliphatic rings. The molecule has 21 heavy (non-hydrogen) atoms. The third-order valence-corrected chi connectivity index (χ3v) is 2.72. The second kappa shape index (κ2) is 6.47. The van der Waals surface area contributed by atoms with Crippen LogP contribution in [0.2, 0.25) is 0 Å². The third-order valence-electron chi connectivity index (χ3n) is 2.72. The quantitative estimate of drug-likeness (QED) is 0.845.